The van der Waals surface area contributed by atoms with Gasteiger partial charge in [0.05, 0.1) is 12.1 Å². The van der Waals surface area contributed by atoms with Crippen molar-refractivity contribution in [2.24, 2.45) is 0 Å². The summed E-state index contributed by atoms with van der Waals surface area (Å²) >= 11 is 0. The Morgan fingerprint density at radius 3 is 2.79 bits per heavy atom. The molecule has 0 aromatic carbocycles. The molecule has 0 aliphatic carbocycles. The van der Waals surface area contributed by atoms with Crippen molar-refractivity contribution in [3.05, 3.63) is 69.8 Å². The summed E-state index contributed by atoms with van der Waals surface area (Å²) in [5.41, 5.74) is 0.0179. The Morgan fingerprint density at radius 2 is 2.17 bits per heavy atom. The predicted octanol–water partition coefficient (Wildman–Crippen LogP) is 3.00. The molecule has 2 heterocycles. The van der Waals surface area contributed by atoms with Crippen LogP contribution in [0.2, 0.25) is 0 Å². The van der Waals surface area contributed by atoms with Crippen LogP contribution in [-0.4, -0.2) is 22.1 Å². The lowest BCUT2D eigenvalue weighted by Crippen LogP contribution is -2.23. The van der Waals surface area contributed by atoms with Crippen LogP contribution in [0.25, 0.3) is 5.52 Å². The minimum absolute atomic E-state index is 0.0458. The van der Waals surface area contributed by atoms with Gasteiger partial charge in [-0.05, 0) is 26.0 Å². The third kappa shape index (κ3) is 3.22. The van der Waals surface area contributed by atoms with Gasteiger partial charge in [-0.15, -0.1) is 0 Å². The third-order valence-corrected chi connectivity index (χ3v) is 3.46. The van der Waals surface area contributed by atoms with Crippen LogP contribution in [0.5, 0.6) is 5.88 Å². The molecule has 0 saturated carbocycles. The van der Waals surface area contributed by atoms with Crippen LogP contribution in [0, 0.1) is 5.82 Å². The minimum atomic E-state index is -0.948. The molecule has 0 unspecified atom stereocenters. The first-order valence-corrected chi connectivity index (χ1v) is 7.44. The Balaban J connectivity index is 2.81. The van der Waals surface area contributed by atoms with Crippen LogP contribution in [-0.2, 0) is 11.2 Å². The van der Waals surface area contributed by atoms with Crippen molar-refractivity contribution >= 4 is 11.5 Å². The molecule has 2 rings (SSSR count). The molecule has 2 aromatic heterocycles. The molecule has 2 aromatic rings. The second-order valence-corrected chi connectivity index (χ2v) is 5.16. The number of carbonyl (C=O) groups is 1. The molecule has 24 heavy (non-hydrogen) atoms. The van der Waals surface area contributed by atoms with E-state index in [0.717, 1.165) is 10.6 Å². The fourth-order valence-corrected chi connectivity index (χ4v) is 2.46. The standard InChI is InChI=1S/C18H18FNO4/c1-4-6-11(3)9-13-14-8-7-12(19)10-20(14)17(22)15(16(13)21)18(23)24-5-2/h4,6-8,10,22H,3,5,9H2,1-2H3/b6-4-. The number of fused-ring (bicyclic) bond motifs is 1. The highest BCUT2D eigenvalue weighted by Gasteiger charge is 2.24. The zero-order valence-corrected chi connectivity index (χ0v) is 13.5. The molecule has 126 valence electrons. The average Bonchev–Trinajstić information content (AvgIpc) is 2.52. The second kappa shape index (κ2) is 7.12. The number of hydrogen-bond donors (Lipinski definition) is 1. The van der Waals surface area contributed by atoms with E-state index in [1.807, 2.05) is 6.92 Å². The Kier molecular flexibility index (Phi) is 5.18. The van der Waals surface area contributed by atoms with Crippen LogP contribution in [0.1, 0.15) is 29.8 Å². The van der Waals surface area contributed by atoms with E-state index >= 15 is 0 Å². The highest BCUT2D eigenvalue weighted by Crippen LogP contribution is 2.22. The van der Waals surface area contributed by atoms with Gasteiger partial charge in [0.25, 0.3) is 0 Å². The first-order chi connectivity index (χ1) is 11.4. The van der Waals surface area contributed by atoms with E-state index in [2.05, 4.69) is 6.58 Å². The number of nitrogens with zero attached hydrogens (tertiary/aromatic N) is 1. The molecular weight excluding hydrogens is 313 g/mol. The number of pyridine rings is 2. The summed E-state index contributed by atoms with van der Waals surface area (Å²) in [5, 5.41) is 10.3. The third-order valence-electron chi connectivity index (χ3n) is 3.46. The van der Waals surface area contributed by atoms with Crippen LogP contribution >= 0.6 is 0 Å². The largest absolute Gasteiger partial charge is 0.493 e. The number of rotatable bonds is 5. The SMILES string of the molecule is C=C(/C=C\C)Cc1c(=O)c(C(=O)OCC)c(O)n2cc(F)ccc12. The minimum Gasteiger partial charge on any atom is -0.493 e. The lowest BCUT2D eigenvalue weighted by molar-refractivity contribution is 0.0520. The van der Waals surface area contributed by atoms with Crippen molar-refractivity contribution in [2.45, 2.75) is 20.3 Å². The van der Waals surface area contributed by atoms with E-state index in [1.165, 1.54) is 12.1 Å². The summed E-state index contributed by atoms with van der Waals surface area (Å²) in [7, 11) is 0. The Labute approximate surface area is 138 Å². The van der Waals surface area contributed by atoms with Gasteiger partial charge in [-0.3, -0.25) is 9.20 Å². The van der Waals surface area contributed by atoms with E-state index in [4.69, 9.17) is 4.74 Å². The van der Waals surface area contributed by atoms with E-state index in [1.54, 1.807) is 19.1 Å². The number of carbonyl (C=O) groups excluding carboxylic acids is 1. The maximum Gasteiger partial charge on any atom is 0.347 e. The van der Waals surface area contributed by atoms with Gasteiger partial charge in [0, 0.05) is 18.2 Å². The number of ether oxygens (including phenoxy) is 1. The molecule has 0 atom stereocenters. The highest BCUT2D eigenvalue weighted by molar-refractivity contribution is 5.93. The normalized spacial score (nSPS) is 11.1. The maximum absolute atomic E-state index is 13.6. The topological polar surface area (TPSA) is 68.0 Å². The van der Waals surface area contributed by atoms with Crippen molar-refractivity contribution in [1.82, 2.24) is 4.40 Å². The fourth-order valence-electron chi connectivity index (χ4n) is 2.46. The van der Waals surface area contributed by atoms with Crippen molar-refractivity contribution in [2.75, 3.05) is 6.61 Å². The van der Waals surface area contributed by atoms with Gasteiger partial charge in [0.1, 0.15) is 5.82 Å². The number of hydrogen-bond acceptors (Lipinski definition) is 4. The van der Waals surface area contributed by atoms with Gasteiger partial charge in [-0.25, -0.2) is 9.18 Å². The molecule has 6 heteroatoms. The van der Waals surface area contributed by atoms with Gasteiger partial charge in [-0.2, -0.15) is 0 Å². The molecule has 0 aliphatic heterocycles. The summed E-state index contributed by atoms with van der Waals surface area (Å²) in [6.45, 7) is 7.29. The molecule has 0 amide bonds. The number of aromatic nitrogens is 1. The summed E-state index contributed by atoms with van der Waals surface area (Å²) in [6.07, 6.45) is 4.67. The van der Waals surface area contributed by atoms with Gasteiger partial charge >= 0.3 is 5.97 Å². The Morgan fingerprint density at radius 1 is 1.46 bits per heavy atom. The first kappa shape index (κ1) is 17.5. The number of halogens is 1. The summed E-state index contributed by atoms with van der Waals surface area (Å²) < 4.78 is 19.5. The van der Waals surface area contributed by atoms with Crippen molar-refractivity contribution < 1.29 is 19.0 Å². The summed E-state index contributed by atoms with van der Waals surface area (Å²) in [6, 6.07) is 2.56. The summed E-state index contributed by atoms with van der Waals surface area (Å²) in [5.74, 6) is -2.21. The van der Waals surface area contributed by atoms with Crippen LogP contribution < -0.4 is 5.43 Å². The molecule has 0 spiro atoms. The number of aromatic hydroxyl groups is 1. The lowest BCUT2D eigenvalue weighted by Gasteiger charge is -2.13. The first-order valence-electron chi connectivity index (χ1n) is 7.44. The van der Waals surface area contributed by atoms with Gasteiger partial charge in [-0.1, -0.05) is 24.3 Å². The average molecular weight is 331 g/mol. The molecule has 0 fully saturated rings. The molecule has 0 aliphatic rings. The molecular formula is C18H18FNO4. The van der Waals surface area contributed by atoms with Gasteiger partial charge in [0.15, 0.2) is 5.56 Å². The van der Waals surface area contributed by atoms with E-state index in [-0.39, 0.29) is 18.6 Å². The zero-order valence-electron chi connectivity index (χ0n) is 13.5. The molecule has 1 N–H and O–H groups in total. The quantitative estimate of drug-likeness (QED) is 0.675. The van der Waals surface area contributed by atoms with E-state index in [0.29, 0.717) is 11.1 Å². The monoisotopic (exact) mass is 331 g/mol. The smallest absolute Gasteiger partial charge is 0.347 e. The number of allylic oxidation sites excluding steroid dienone is 3. The fraction of sp³-hybridized carbons (Fsp3) is 0.222. The molecule has 0 saturated heterocycles. The molecule has 0 bridgehead atoms. The maximum atomic E-state index is 13.6. The second-order valence-electron chi connectivity index (χ2n) is 5.16. The summed E-state index contributed by atoms with van der Waals surface area (Å²) in [4.78, 5) is 24.8. The zero-order chi connectivity index (χ0) is 17.9. The highest BCUT2D eigenvalue weighted by atomic mass is 19.1. The van der Waals surface area contributed by atoms with Crippen molar-refractivity contribution in [1.29, 1.82) is 0 Å². The molecule has 0 radical (unpaired) electrons. The van der Waals surface area contributed by atoms with Gasteiger partial charge in [0.2, 0.25) is 11.3 Å². The lowest BCUT2D eigenvalue weighted by atomic mass is 10.0. The van der Waals surface area contributed by atoms with E-state index < -0.39 is 28.7 Å². The number of esters is 1. The predicted molar refractivity (Wildman–Crippen MR) is 88.9 cm³/mol. The van der Waals surface area contributed by atoms with Crippen LogP contribution in [0.4, 0.5) is 4.39 Å². The Hall–Kier alpha value is -2.89. The van der Waals surface area contributed by atoms with Crippen molar-refractivity contribution in [3.63, 3.8) is 0 Å². The Bertz CT molecular complexity index is 896. The van der Waals surface area contributed by atoms with Crippen LogP contribution in [0.15, 0.2) is 47.4 Å². The van der Waals surface area contributed by atoms with E-state index in [9.17, 15) is 19.1 Å². The van der Waals surface area contributed by atoms with Gasteiger partial charge < -0.3 is 9.84 Å². The molecule has 5 nitrogen and oxygen atoms in total. The van der Waals surface area contributed by atoms with Crippen LogP contribution in [0.3, 0.4) is 0 Å². The van der Waals surface area contributed by atoms with Crippen molar-refractivity contribution in [3.8, 4) is 5.88 Å².